The summed E-state index contributed by atoms with van der Waals surface area (Å²) >= 11 is 5.87. The summed E-state index contributed by atoms with van der Waals surface area (Å²) in [6, 6.07) is 7.20. The van der Waals surface area contributed by atoms with Gasteiger partial charge in [-0.05, 0) is 12.1 Å². The van der Waals surface area contributed by atoms with Crippen LogP contribution in [-0.4, -0.2) is 20.7 Å². The standard InChI is InChI=1S/C11H9ClN4O/c12-9-3-1-2-8(6-9)11-14-7-16(15-11)5-4-10(13)17/h1-7H,(H2,13,17)/b5-4-. The summed E-state index contributed by atoms with van der Waals surface area (Å²) in [5, 5.41) is 4.76. The number of nitrogens with two attached hydrogens (primary N) is 1. The van der Waals surface area contributed by atoms with E-state index in [4.69, 9.17) is 17.3 Å². The summed E-state index contributed by atoms with van der Waals surface area (Å²) in [6.07, 6.45) is 4.12. The highest BCUT2D eigenvalue weighted by Crippen LogP contribution is 2.18. The van der Waals surface area contributed by atoms with E-state index in [0.29, 0.717) is 10.8 Å². The summed E-state index contributed by atoms with van der Waals surface area (Å²) in [5.74, 6) is -0.00794. The van der Waals surface area contributed by atoms with E-state index in [2.05, 4.69) is 10.1 Å². The number of aromatic nitrogens is 3. The Morgan fingerprint density at radius 1 is 1.47 bits per heavy atom. The molecule has 1 amide bonds. The molecule has 2 N–H and O–H groups in total. The van der Waals surface area contributed by atoms with Crippen molar-refractivity contribution in [1.82, 2.24) is 14.8 Å². The SMILES string of the molecule is NC(=O)/C=C\n1cnc(-c2cccc(Cl)c2)n1. The maximum atomic E-state index is 10.6. The summed E-state index contributed by atoms with van der Waals surface area (Å²) < 4.78 is 1.40. The first-order valence-corrected chi connectivity index (χ1v) is 5.17. The van der Waals surface area contributed by atoms with Crippen molar-refractivity contribution >= 4 is 23.7 Å². The summed E-state index contributed by atoms with van der Waals surface area (Å²) in [6.45, 7) is 0. The molecule has 0 saturated heterocycles. The second kappa shape index (κ2) is 4.80. The van der Waals surface area contributed by atoms with Crippen molar-refractivity contribution in [2.45, 2.75) is 0 Å². The molecule has 1 aromatic heterocycles. The molecule has 17 heavy (non-hydrogen) atoms. The molecule has 2 rings (SSSR count). The number of primary amides is 1. The van der Waals surface area contributed by atoms with Crippen LogP contribution in [0, 0.1) is 0 Å². The fourth-order valence-electron chi connectivity index (χ4n) is 1.26. The Hall–Kier alpha value is -2.14. The Bertz CT molecular complexity index is 576. The lowest BCUT2D eigenvalue weighted by Crippen LogP contribution is -2.06. The molecule has 1 heterocycles. The highest BCUT2D eigenvalue weighted by Gasteiger charge is 2.03. The van der Waals surface area contributed by atoms with Crippen LogP contribution < -0.4 is 5.73 Å². The van der Waals surface area contributed by atoms with Crippen LogP contribution in [0.3, 0.4) is 0 Å². The topological polar surface area (TPSA) is 73.8 Å². The zero-order valence-corrected chi connectivity index (χ0v) is 9.50. The molecule has 0 bridgehead atoms. The van der Waals surface area contributed by atoms with Crippen LogP contribution in [0.15, 0.2) is 36.7 Å². The van der Waals surface area contributed by atoms with Crippen molar-refractivity contribution in [3.63, 3.8) is 0 Å². The number of hydrogen-bond donors (Lipinski definition) is 1. The molecule has 6 heteroatoms. The molecule has 1 aromatic carbocycles. The molecule has 0 radical (unpaired) electrons. The van der Waals surface area contributed by atoms with Gasteiger partial charge in [-0.1, -0.05) is 23.7 Å². The minimum atomic E-state index is -0.537. The van der Waals surface area contributed by atoms with E-state index in [1.54, 1.807) is 12.1 Å². The molecule has 86 valence electrons. The van der Waals surface area contributed by atoms with E-state index in [1.807, 2.05) is 12.1 Å². The highest BCUT2D eigenvalue weighted by atomic mass is 35.5. The van der Waals surface area contributed by atoms with Gasteiger partial charge in [-0.2, -0.15) is 0 Å². The number of benzene rings is 1. The lowest BCUT2D eigenvalue weighted by Gasteiger charge is -1.95. The molecule has 5 nitrogen and oxygen atoms in total. The second-order valence-electron chi connectivity index (χ2n) is 3.28. The van der Waals surface area contributed by atoms with Gasteiger partial charge < -0.3 is 5.73 Å². The fourth-order valence-corrected chi connectivity index (χ4v) is 1.45. The van der Waals surface area contributed by atoms with E-state index in [-0.39, 0.29) is 0 Å². The monoisotopic (exact) mass is 248 g/mol. The van der Waals surface area contributed by atoms with Crippen LogP contribution in [0.5, 0.6) is 0 Å². The van der Waals surface area contributed by atoms with Crippen molar-refractivity contribution in [1.29, 1.82) is 0 Å². The first kappa shape index (κ1) is 11.3. The predicted molar refractivity (Wildman–Crippen MR) is 65.0 cm³/mol. The average molecular weight is 249 g/mol. The quantitative estimate of drug-likeness (QED) is 0.838. The third kappa shape index (κ3) is 2.92. The van der Waals surface area contributed by atoms with Crippen molar-refractivity contribution in [2.75, 3.05) is 0 Å². The number of carbonyl (C=O) groups is 1. The predicted octanol–water partition coefficient (Wildman–Crippen LogP) is 1.55. The number of halogens is 1. The minimum absolute atomic E-state index is 0.529. The zero-order chi connectivity index (χ0) is 12.3. The van der Waals surface area contributed by atoms with Crippen molar-refractivity contribution in [2.24, 2.45) is 5.73 Å². The molecule has 0 fully saturated rings. The van der Waals surface area contributed by atoms with Gasteiger partial charge in [-0.15, -0.1) is 5.10 Å². The van der Waals surface area contributed by atoms with Gasteiger partial charge >= 0.3 is 0 Å². The summed E-state index contributed by atoms with van der Waals surface area (Å²) in [5.41, 5.74) is 5.78. The lowest BCUT2D eigenvalue weighted by molar-refractivity contribution is -0.113. The Morgan fingerprint density at radius 2 is 2.29 bits per heavy atom. The third-order valence-corrected chi connectivity index (χ3v) is 2.22. The number of carbonyl (C=O) groups excluding carboxylic acids is 1. The van der Waals surface area contributed by atoms with Crippen molar-refractivity contribution in [3.05, 3.63) is 41.7 Å². The molecule has 0 aliphatic heterocycles. The fraction of sp³-hybridized carbons (Fsp3) is 0. The van der Waals surface area contributed by atoms with E-state index in [0.717, 1.165) is 5.56 Å². The molecular weight excluding hydrogens is 240 g/mol. The first-order chi connectivity index (χ1) is 8.15. The van der Waals surface area contributed by atoms with Gasteiger partial charge in [0, 0.05) is 22.9 Å². The Morgan fingerprint density at radius 3 is 3.00 bits per heavy atom. The van der Waals surface area contributed by atoms with Gasteiger partial charge in [0.05, 0.1) is 0 Å². The minimum Gasteiger partial charge on any atom is -0.366 e. The van der Waals surface area contributed by atoms with Gasteiger partial charge in [0.1, 0.15) is 6.33 Å². The number of nitrogens with zero attached hydrogens (tertiary/aromatic N) is 3. The summed E-state index contributed by atoms with van der Waals surface area (Å²) in [4.78, 5) is 14.6. The molecule has 0 unspecified atom stereocenters. The van der Waals surface area contributed by atoms with Crippen LogP contribution in [0.25, 0.3) is 17.6 Å². The Labute approximate surface area is 103 Å². The van der Waals surface area contributed by atoms with Crippen LogP contribution >= 0.6 is 11.6 Å². The van der Waals surface area contributed by atoms with E-state index in [9.17, 15) is 4.79 Å². The highest BCUT2D eigenvalue weighted by molar-refractivity contribution is 6.30. The first-order valence-electron chi connectivity index (χ1n) is 4.80. The molecule has 0 spiro atoms. The smallest absolute Gasteiger partial charge is 0.242 e. The van der Waals surface area contributed by atoms with Crippen molar-refractivity contribution in [3.8, 4) is 11.4 Å². The normalized spacial score (nSPS) is 10.9. The number of rotatable bonds is 3. The van der Waals surface area contributed by atoms with Gasteiger partial charge in [0.15, 0.2) is 5.82 Å². The van der Waals surface area contributed by atoms with Gasteiger partial charge in [0.25, 0.3) is 0 Å². The Kier molecular flexibility index (Phi) is 3.20. The zero-order valence-electron chi connectivity index (χ0n) is 8.75. The molecule has 2 aromatic rings. The maximum absolute atomic E-state index is 10.6. The van der Waals surface area contributed by atoms with Crippen LogP contribution in [0.2, 0.25) is 5.02 Å². The molecule has 0 aliphatic rings. The van der Waals surface area contributed by atoms with Crippen LogP contribution in [0.1, 0.15) is 0 Å². The number of amides is 1. The van der Waals surface area contributed by atoms with Gasteiger partial charge in [-0.25, -0.2) is 9.67 Å². The molecule has 0 saturated carbocycles. The number of hydrogen-bond acceptors (Lipinski definition) is 3. The lowest BCUT2D eigenvalue weighted by atomic mass is 10.2. The van der Waals surface area contributed by atoms with E-state index >= 15 is 0 Å². The summed E-state index contributed by atoms with van der Waals surface area (Å²) in [7, 11) is 0. The van der Waals surface area contributed by atoms with Gasteiger partial charge in [-0.3, -0.25) is 4.79 Å². The van der Waals surface area contributed by atoms with Crippen LogP contribution in [-0.2, 0) is 4.79 Å². The van der Waals surface area contributed by atoms with Crippen LogP contribution in [0.4, 0.5) is 0 Å². The Balaban J connectivity index is 2.27. The van der Waals surface area contributed by atoms with Crippen molar-refractivity contribution < 1.29 is 4.79 Å². The largest absolute Gasteiger partial charge is 0.366 e. The maximum Gasteiger partial charge on any atom is 0.242 e. The molecular formula is C11H9ClN4O. The second-order valence-corrected chi connectivity index (χ2v) is 3.71. The average Bonchev–Trinajstić information content (AvgIpc) is 2.75. The van der Waals surface area contributed by atoms with E-state index < -0.39 is 5.91 Å². The van der Waals surface area contributed by atoms with Gasteiger partial charge in [0.2, 0.25) is 5.91 Å². The van der Waals surface area contributed by atoms with E-state index in [1.165, 1.54) is 23.3 Å². The third-order valence-electron chi connectivity index (χ3n) is 1.98. The molecule has 0 atom stereocenters. The molecule has 0 aliphatic carbocycles.